The van der Waals surface area contributed by atoms with Crippen LogP contribution in [0.15, 0.2) is 18.5 Å². The quantitative estimate of drug-likeness (QED) is 0.847. The molecule has 5 heteroatoms. The Bertz CT molecular complexity index is 357. The van der Waals surface area contributed by atoms with E-state index in [-0.39, 0.29) is 5.91 Å². The van der Waals surface area contributed by atoms with Crippen LogP contribution in [0.4, 0.5) is 5.69 Å². The lowest BCUT2D eigenvalue weighted by Gasteiger charge is -2.18. The molecular weight excluding hydrogens is 222 g/mol. The summed E-state index contributed by atoms with van der Waals surface area (Å²) in [5.41, 5.74) is 1.43. The molecule has 0 aliphatic rings. The predicted molar refractivity (Wildman–Crippen MR) is 69.1 cm³/mol. The van der Waals surface area contributed by atoms with E-state index in [9.17, 15) is 4.79 Å². The van der Waals surface area contributed by atoms with Crippen molar-refractivity contribution in [2.45, 2.75) is 0 Å². The normalized spacial score (nSPS) is 9.94. The van der Waals surface area contributed by atoms with Crippen LogP contribution < -0.4 is 5.32 Å². The summed E-state index contributed by atoms with van der Waals surface area (Å²) in [5.74, 6) is 0.975. The highest BCUT2D eigenvalue weighted by atomic mass is 32.2. The number of nitrogens with zero attached hydrogens (tertiary/aromatic N) is 2. The van der Waals surface area contributed by atoms with Gasteiger partial charge >= 0.3 is 0 Å². The second-order valence-corrected chi connectivity index (χ2v) is 4.38. The van der Waals surface area contributed by atoms with E-state index in [4.69, 9.17) is 0 Å². The van der Waals surface area contributed by atoms with Crippen molar-refractivity contribution in [3.05, 3.63) is 24.0 Å². The summed E-state index contributed by atoms with van der Waals surface area (Å²) in [4.78, 5) is 17.8. The fourth-order valence-electron chi connectivity index (χ4n) is 1.32. The summed E-state index contributed by atoms with van der Waals surface area (Å²) in [7, 11) is 3.61. The first-order valence-electron chi connectivity index (χ1n) is 5.07. The summed E-state index contributed by atoms with van der Waals surface area (Å²) in [6.45, 7) is 0.755. The standard InChI is InChI=1S/C11H17N3OS/c1-12-10-8-13-5-4-9(10)11(15)14(2)6-7-16-3/h4-5,8,12H,6-7H2,1-3H3. The molecule has 16 heavy (non-hydrogen) atoms. The molecule has 88 valence electrons. The molecule has 0 radical (unpaired) electrons. The highest BCUT2D eigenvalue weighted by Gasteiger charge is 2.14. The van der Waals surface area contributed by atoms with Crippen LogP contribution in [-0.4, -0.2) is 48.4 Å². The minimum atomic E-state index is 0.0285. The number of amides is 1. The molecule has 0 fully saturated rings. The summed E-state index contributed by atoms with van der Waals surface area (Å²) < 4.78 is 0. The number of hydrogen-bond acceptors (Lipinski definition) is 4. The molecule has 1 amide bonds. The molecule has 1 N–H and O–H groups in total. The zero-order valence-electron chi connectivity index (χ0n) is 9.86. The first-order valence-corrected chi connectivity index (χ1v) is 6.46. The van der Waals surface area contributed by atoms with Gasteiger partial charge in [0.05, 0.1) is 17.4 Å². The van der Waals surface area contributed by atoms with Gasteiger partial charge in [0.25, 0.3) is 5.91 Å². The van der Waals surface area contributed by atoms with Gasteiger partial charge in [-0.05, 0) is 12.3 Å². The van der Waals surface area contributed by atoms with E-state index in [1.165, 1.54) is 0 Å². The van der Waals surface area contributed by atoms with E-state index in [0.29, 0.717) is 5.56 Å². The van der Waals surface area contributed by atoms with Gasteiger partial charge in [0.1, 0.15) is 0 Å². The molecule has 0 spiro atoms. The Kier molecular flexibility index (Phi) is 5.11. The first-order chi connectivity index (χ1) is 7.70. The van der Waals surface area contributed by atoms with Crippen LogP contribution in [0, 0.1) is 0 Å². The Morgan fingerprint density at radius 1 is 1.62 bits per heavy atom. The Hall–Kier alpha value is -1.23. The SMILES string of the molecule is CNc1cnccc1C(=O)N(C)CCSC. The van der Waals surface area contributed by atoms with Gasteiger partial charge in [-0.15, -0.1) is 0 Å². The number of rotatable bonds is 5. The van der Waals surface area contributed by atoms with Crippen molar-refractivity contribution in [1.29, 1.82) is 0 Å². The van der Waals surface area contributed by atoms with Crippen LogP contribution in [0.2, 0.25) is 0 Å². The second-order valence-electron chi connectivity index (χ2n) is 3.39. The summed E-state index contributed by atoms with van der Waals surface area (Å²) in [6, 6.07) is 1.74. The second kappa shape index (κ2) is 6.37. The number of hydrogen-bond donors (Lipinski definition) is 1. The van der Waals surface area contributed by atoms with Gasteiger partial charge < -0.3 is 10.2 Å². The topological polar surface area (TPSA) is 45.2 Å². The average molecular weight is 239 g/mol. The number of carbonyl (C=O) groups is 1. The molecule has 1 rings (SSSR count). The van der Waals surface area contributed by atoms with E-state index in [2.05, 4.69) is 10.3 Å². The molecule has 1 aromatic rings. The van der Waals surface area contributed by atoms with Crippen molar-refractivity contribution < 1.29 is 4.79 Å². The van der Waals surface area contributed by atoms with Gasteiger partial charge in [-0.25, -0.2) is 0 Å². The number of pyridine rings is 1. The Labute approximate surface area is 100 Å². The lowest BCUT2D eigenvalue weighted by Crippen LogP contribution is -2.29. The minimum absolute atomic E-state index is 0.0285. The average Bonchev–Trinajstić information content (AvgIpc) is 2.34. The van der Waals surface area contributed by atoms with Crippen molar-refractivity contribution in [3.8, 4) is 0 Å². The lowest BCUT2D eigenvalue weighted by molar-refractivity contribution is 0.0804. The van der Waals surface area contributed by atoms with Gasteiger partial charge in [0, 0.05) is 32.6 Å². The zero-order valence-corrected chi connectivity index (χ0v) is 10.7. The number of anilines is 1. The highest BCUT2D eigenvalue weighted by Crippen LogP contribution is 2.14. The molecule has 0 saturated carbocycles. The van der Waals surface area contributed by atoms with E-state index < -0.39 is 0 Å². The Balaban J connectivity index is 2.79. The summed E-state index contributed by atoms with van der Waals surface area (Å²) >= 11 is 1.73. The number of aromatic nitrogens is 1. The monoisotopic (exact) mass is 239 g/mol. The van der Waals surface area contributed by atoms with Gasteiger partial charge in [-0.3, -0.25) is 9.78 Å². The molecule has 0 saturated heterocycles. The first kappa shape index (κ1) is 12.8. The van der Waals surface area contributed by atoms with Crippen molar-refractivity contribution in [1.82, 2.24) is 9.88 Å². The number of carbonyl (C=O) groups excluding carboxylic acids is 1. The third kappa shape index (κ3) is 3.13. The lowest BCUT2D eigenvalue weighted by atomic mass is 10.2. The third-order valence-electron chi connectivity index (χ3n) is 2.30. The van der Waals surface area contributed by atoms with Crippen LogP contribution in [0.3, 0.4) is 0 Å². The maximum Gasteiger partial charge on any atom is 0.255 e. The Morgan fingerprint density at radius 2 is 2.38 bits per heavy atom. The van der Waals surface area contributed by atoms with Crippen LogP contribution in [-0.2, 0) is 0 Å². The van der Waals surface area contributed by atoms with Crippen LogP contribution in [0.1, 0.15) is 10.4 Å². The van der Waals surface area contributed by atoms with Crippen molar-refractivity contribution in [2.75, 3.05) is 38.0 Å². The molecule has 1 heterocycles. The van der Waals surface area contributed by atoms with Gasteiger partial charge in [0.15, 0.2) is 0 Å². The van der Waals surface area contributed by atoms with Gasteiger partial charge in [0.2, 0.25) is 0 Å². The fourth-order valence-corrected chi connectivity index (χ4v) is 1.77. The van der Waals surface area contributed by atoms with Crippen LogP contribution >= 0.6 is 11.8 Å². The number of thioether (sulfide) groups is 1. The predicted octanol–water partition coefficient (Wildman–Crippen LogP) is 1.56. The van der Waals surface area contributed by atoms with Gasteiger partial charge in [-0.1, -0.05) is 0 Å². The third-order valence-corrected chi connectivity index (χ3v) is 2.89. The Morgan fingerprint density at radius 3 is 3.00 bits per heavy atom. The van der Waals surface area contributed by atoms with E-state index in [1.807, 2.05) is 13.3 Å². The summed E-state index contributed by atoms with van der Waals surface area (Å²) in [5, 5.41) is 2.97. The smallest absolute Gasteiger partial charge is 0.255 e. The van der Waals surface area contributed by atoms with Crippen molar-refractivity contribution >= 4 is 23.4 Å². The van der Waals surface area contributed by atoms with E-state index in [0.717, 1.165) is 18.0 Å². The van der Waals surface area contributed by atoms with Crippen LogP contribution in [0.25, 0.3) is 0 Å². The molecule has 0 unspecified atom stereocenters. The van der Waals surface area contributed by atoms with Crippen molar-refractivity contribution in [3.63, 3.8) is 0 Å². The molecular formula is C11H17N3OS. The molecule has 0 aliphatic carbocycles. The minimum Gasteiger partial charge on any atom is -0.386 e. The highest BCUT2D eigenvalue weighted by molar-refractivity contribution is 7.98. The summed E-state index contributed by atoms with van der Waals surface area (Å²) in [6.07, 6.45) is 5.33. The molecule has 4 nitrogen and oxygen atoms in total. The largest absolute Gasteiger partial charge is 0.386 e. The fraction of sp³-hybridized carbons (Fsp3) is 0.455. The maximum atomic E-state index is 12.1. The molecule has 1 aromatic heterocycles. The maximum absolute atomic E-state index is 12.1. The molecule has 0 aliphatic heterocycles. The van der Waals surface area contributed by atoms with Crippen molar-refractivity contribution in [2.24, 2.45) is 0 Å². The van der Waals surface area contributed by atoms with Crippen LogP contribution in [0.5, 0.6) is 0 Å². The molecule has 0 aromatic carbocycles. The van der Waals surface area contributed by atoms with E-state index in [1.54, 1.807) is 42.2 Å². The van der Waals surface area contributed by atoms with E-state index >= 15 is 0 Å². The van der Waals surface area contributed by atoms with Gasteiger partial charge in [-0.2, -0.15) is 11.8 Å². The zero-order chi connectivity index (χ0) is 12.0. The molecule has 0 bridgehead atoms. The number of nitrogens with one attached hydrogen (secondary N) is 1. The molecule has 0 atom stereocenters.